The summed E-state index contributed by atoms with van der Waals surface area (Å²) in [7, 11) is 0. The first kappa shape index (κ1) is 10.3. The molecule has 0 aromatic rings. The van der Waals surface area contributed by atoms with Crippen LogP contribution >= 0.6 is 0 Å². The second kappa shape index (κ2) is 4.45. The van der Waals surface area contributed by atoms with E-state index in [1.165, 1.54) is 6.42 Å². The Balaban J connectivity index is 2.37. The van der Waals surface area contributed by atoms with Crippen molar-refractivity contribution in [3.05, 3.63) is 11.6 Å². The van der Waals surface area contributed by atoms with E-state index in [9.17, 15) is 4.79 Å². The molecule has 1 rings (SSSR count). The zero-order valence-electron chi connectivity index (χ0n) is 8.76. The van der Waals surface area contributed by atoms with Crippen molar-refractivity contribution in [1.82, 2.24) is 5.32 Å². The van der Waals surface area contributed by atoms with Crippen molar-refractivity contribution < 1.29 is 4.79 Å². The summed E-state index contributed by atoms with van der Waals surface area (Å²) in [5, 5.41) is 3.05. The highest BCUT2D eigenvalue weighted by atomic mass is 16.1. The van der Waals surface area contributed by atoms with Crippen LogP contribution in [0, 0.1) is 5.92 Å². The van der Waals surface area contributed by atoms with Gasteiger partial charge in [-0.1, -0.05) is 13.0 Å². The predicted molar refractivity (Wildman–Crippen MR) is 54.4 cm³/mol. The zero-order chi connectivity index (χ0) is 9.84. The van der Waals surface area contributed by atoms with Crippen molar-refractivity contribution in [2.45, 2.75) is 46.1 Å². The first-order valence-corrected chi connectivity index (χ1v) is 5.07. The van der Waals surface area contributed by atoms with Gasteiger partial charge < -0.3 is 5.32 Å². The summed E-state index contributed by atoms with van der Waals surface area (Å²) in [6.45, 7) is 5.99. The van der Waals surface area contributed by atoms with Gasteiger partial charge in [-0.2, -0.15) is 0 Å². The van der Waals surface area contributed by atoms with Crippen molar-refractivity contribution in [3.63, 3.8) is 0 Å². The van der Waals surface area contributed by atoms with E-state index in [0.717, 1.165) is 24.3 Å². The maximum Gasteiger partial charge on any atom is 0.246 e. The van der Waals surface area contributed by atoms with Crippen molar-refractivity contribution >= 4 is 5.91 Å². The fourth-order valence-electron chi connectivity index (χ4n) is 1.77. The average molecular weight is 181 g/mol. The second-order valence-electron chi connectivity index (χ2n) is 4.06. The van der Waals surface area contributed by atoms with Crippen LogP contribution in [-0.2, 0) is 4.79 Å². The predicted octanol–water partition coefficient (Wildman–Crippen LogP) is 2.26. The van der Waals surface area contributed by atoms with Gasteiger partial charge in [0.1, 0.15) is 0 Å². The molecular formula is C11H19NO. The molecule has 0 bridgehead atoms. The summed E-state index contributed by atoms with van der Waals surface area (Å²) in [6.07, 6.45) is 5.39. The van der Waals surface area contributed by atoms with E-state index in [0.29, 0.717) is 6.04 Å². The van der Waals surface area contributed by atoms with E-state index in [4.69, 9.17) is 0 Å². The topological polar surface area (TPSA) is 29.1 Å². The molecule has 1 aliphatic rings. The third-order valence-electron chi connectivity index (χ3n) is 2.82. The van der Waals surface area contributed by atoms with Crippen molar-refractivity contribution in [2.75, 3.05) is 0 Å². The van der Waals surface area contributed by atoms with Gasteiger partial charge in [0.2, 0.25) is 5.91 Å². The molecule has 0 spiro atoms. The van der Waals surface area contributed by atoms with Gasteiger partial charge >= 0.3 is 0 Å². The van der Waals surface area contributed by atoms with Crippen LogP contribution in [0.5, 0.6) is 0 Å². The molecule has 2 heteroatoms. The number of hydrogen-bond donors (Lipinski definition) is 1. The molecule has 0 heterocycles. The summed E-state index contributed by atoms with van der Waals surface area (Å²) >= 11 is 0. The lowest BCUT2D eigenvalue weighted by atomic mass is 10.1. The highest BCUT2D eigenvalue weighted by Crippen LogP contribution is 2.24. The van der Waals surface area contributed by atoms with E-state index < -0.39 is 0 Å². The van der Waals surface area contributed by atoms with E-state index >= 15 is 0 Å². The normalized spacial score (nSPS) is 29.0. The molecule has 2 atom stereocenters. The van der Waals surface area contributed by atoms with Gasteiger partial charge in [0, 0.05) is 11.6 Å². The summed E-state index contributed by atoms with van der Waals surface area (Å²) in [4.78, 5) is 11.5. The molecule has 0 aromatic carbocycles. The van der Waals surface area contributed by atoms with Gasteiger partial charge in [-0.3, -0.25) is 4.79 Å². The van der Waals surface area contributed by atoms with E-state index in [2.05, 4.69) is 12.2 Å². The largest absolute Gasteiger partial charge is 0.350 e. The lowest BCUT2D eigenvalue weighted by Gasteiger charge is -2.12. The summed E-state index contributed by atoms with van der Waals surface area (Å²) < 4.78 is 0. The number of nitrogens with one attached hydrogen (secondary N) is 1. The molecular weight excluding hydrogens is 162 g/mol. The standard InChI is InChI=1S/C11H19NO/c1-4-9(3)11(13)12-10-6-5-8(2)7-10/h4,8,10H,5-7H2,1-3H3,(H,12,13)/b9-4-. The molecule has 74 valence electrons. The minimum atomic E-state index is 0.0987. The van der Waals surface area contributed by atoms with Crippen LogP contribution in [0.15, 0.2) is 11.6 Å². The number of carbonyl (C=O) groups is 1. The van der Waals surface area contributed by atoms with Gasteiger partial charge in [-0.15, -0.1) is 0 Å². The molecule has 0 radical (unpaired) electrons. The molecule has 0 saturated heterocycles. The molecule has 0 aromatic heterocycles. The molecule has 1 aliphatic carbocycles. The Hall–Kier alpha value is -0.790. The van der Waals surface area contributed by atoms with E-state index in [-0.39, 0.29) is 5.91 Å². The fourth-order valence-corrected chi connectivity index (χ4v) is 1.77. The van der Waals surface area contributed by atoms with Crippen LogP contribution in [0.25, 0.3) is 0 Å². The van der Waals surface area contributed by atoms with Gasteiger partial charge in [-0.05, 0) is 39.0 Å². The number of amides is 1. The lowest BCUT2D eigenvalue weighted by Crippen LogP contribution is -2.33. The molecule has 0 aliphatic heterocycles. The van der Waals surface area contributed by atoms with Gasteiger partial charge in [0.15, 0.2) is 0 Å². The van der Waals surface area contributed by atoms with Crippen LogP contribution in [0.1, 0.15) is 40.0 Å². The maximum atomic E-state index is 11.5. The minimum Gasteiger partial charge on any atom is -0.350 e. The van der Waals surface area contributed by atoms with Crippen LogP contribution in [0.2, 0.25) is 0 Å². The first-order valence-electron chi connectivity index (χ1n) is 5.07. The lowest BCUT2D eigenvalue weighted by molar-refractivity contribution is -0.118. The molecule has 2 nitrogen and oxygen atoms in total. The average Bonchev–Trinajstić information content (AvgIpc) is 2.49. The molecule has 1 saturated carbocycles. The quantitative estimate of drug-likeness (QED) is 0.650. The Bertz CT molecular complexity index is 220. The van der Waals surface area contributed by atoms with E-state index in [1.807, 2.05) is 19.9 Å². The summed E-state index contributed by atoms with van der Waals surface area (Å²) in [5.74, 6) is 0.873. The number of allylic oxidation sites excluding steroid dienone is 1. The number of hydrogen-bond acceptors (Lipinski definition) is 1. The SMILES string of the molecule is C/C=C(/C)C(=O)NC1CCC(C)C1. The molecule has 1 fully saturated rings. The number of carbonyl (C=O) groups excluding carboxylic acids is 1. The second-order valence-corrected chi connectivity index (χ2v) is 4.06. The molecule has 1 amide bonds. The van der Waals surface area contributed by atoms with Crippen LogP contribution in [-0.4, -0.2) is 11.9 Å². The number of rotatable bonds is 2. The van der Waals surface area contributed by atoms with Crippen molar-refractivity contribution in [2.24, 2.45) is 5.92 Å². The van der Waals surface area contributed by atoms with E-state index in [1.54, 1.807) is 0 Å². The van der Waals surface area contributed by atoms with Crippen molar-refractivity contribution in [3.8, 4) is 0 Å². The highest BCUT2D eigenvalue weighted by Gasteiger charge is 2.22. The smallest absolute Gasteiger partial charge is 0.246 e. The van der Waals surface area contributed by atoms with Crippen LogP contribution < -0.4 is 5.32 Å². The van der Waals surface area contributed by atoms with Gasteiger partial charge in [0.05, 0.1) is 0 Å². The monoisotopic (exact) mass is 181 g/mol. The van der Waals surface area contributed by atoms with Gasteiger partial charge in [0.25, 0.3) is 0 Å². The van der Waals surface area contributed by atoms with Crippen molar-refractivity contribution in [1.29, 1.82) is 0 Å². The third kappa shape index (κ3) is 2.87. The first-order chi connectivity index (χ1) is 6.13. The molecule has 1 N–H and O–H groups in total. The Kier molecular flexibility index (Phi) is 3.52. The Labute approximate surface area is 80.4 Å². The highest BCUT2D eigenvalue weighted by molar-refractivity contribution is 5.92. The van der Waals surface area contributed by atoms with Gasteiger partial charge in [-0.25, -0.2) is 0 Å². The maximum absolute atomic E-state index is 11.5. The Morgan fingerprint density at radius 2 is 2.15 bits per heavy atom. The van der Waals surface area contributed by atoms with Crippen LogP contribution in [0.4, 0.5) is 0 Å². The molecule has 2 unspecified atom stereocenters. The minimum absolute atomic E-state index is 0.0987. The zero-order valence-corrected chi connectivity index (χ0v) is 8.76. The Morgan fingerprint density at radius 1 is 1.46 bits per heavy atom. The molecule has 13 heavy (non-hydrogen) atoms. The third-order valence-corrected chi connectivity index (χ3v) is 2.82. The Morgan fingerprint density at radius 3 is 2.62 bits per heavy atom. The summed E-state index contributed by atoms with van der Waals surface area (Å²) in [5.41, 5.74) is 0.819. The summed E-state index contributed by atoms with van der Waals surface area (Å²) in [6, 6.07) is 0.414. The fraction of sp³-hybridized carbons (Fsp3) is 0.727. The van der Waals surface area contributed by atoms with Crippen LogP contribution in [0.3, 0.4) is 0 Å².